The van der Waals surface area contributed by atoms with Crippen LogP contribution >= 0.6 is 11.6 Å². The van der Waals surface area contributed by atoms with Crippen LogP contribution in [0.5, 0.6) is 0 Å². The van der Waals surface area contributed by atoms with Gasteiger partial charge in [0.25, 0.3) is 0 Å². The second-order valence-corrected chi connectivity index (χ2v) is 4.11. The summed E-state index contributed by atoms with van der Waals surface area (Å²) in [5.41, 5.74) is 7.85. The van der Waals surface area contributed by atoms with Crippen molar-refractivity contribution < 1.29 is 5.11 Å². The molecule has 2 atom stereocenters. The minimum atomic E-state index is -1.10. The zero-order valence-electron chi connectivity index (χ0n) is 7.20. The quantitative estimate of drug-likeness (QED) is 0.487. The fourth-order valence-electron chi connectivity index (χ4n) is 1.79. The number of aliphatic hydroxyl groups excluding tert-OH is 1. The van der Waals surface area contributed by atoms with Crippen molar-refractivity contribution in [1.82, 2.24) is 0 Å². The van der Waals surface area contributed by atoms with Gasteiger partial charge in [-0.05, 0) is 24.0 Å². The number of nitrogens with two attached hydrogens (primary N) is 1. The highest BCUT2D eigenvalue weighted by molar-refractivity contribution is 6.24. The molecule has 0 heterocycles. The molecule has 0 aliphatic heterocycles. The lowest BCUT2D eigenvalue weighted by Crippen LogP contribution is -2.46. The molecule has 0 saturated heterocycles. The number of alkyl halides is 1. The van der Waals surface area contributed by atoms with Gasteiger partial charge >= 0.3 is 0 Å². The molecule has 13 heavy (non-hydrogen) atoms. The van der Waals surface area contributed by atoms with Crippen LogP contribution in [0.15, 0.2) is 24.3 Å². The lowest BCUT2D eigenvalue weighted by molar-refractivity contribution is 0.109. The Morgan fingerprint density at radius 1 is 1.46 bits per heavy atom. The van der Waals surface area contributed by atoms with Gasteiger partial charge in [0.05, 0.1) is 6.10 Å². The molecular weight excluding hydrogens is 186 g/mol. The Balaban J connectivity index is 2.52. The highest BCUT2D eigenvalue weighted by atomic mass is 35.5. The smallest absolute Gasteiger partial charge is 0.143 e. The van der Waals surface area contributed by atoms with Gasteiger partial charge in [-0.2, -0.15) is 0 Å². The predicted octanol–water partition coefficient (Wildman–Crippen LogP) is 1.34. The monoisotopic (exact) mass is 197 g/mol. The SMILES string of the molecule is NC1(Cl)c2ccccc2CCC1O. The summed E-state index contributed by atoms with van der Waals surface area (Å²) >= 11 is 6.08. The van der Waals surface area contributed by atoms with Crippen LogP contribution in [-0.4, -0.2) is 11.2 Å². The van der Waals surface area contributed by atoms with Crippen molar-refractivity contribution >= 4 is 11.6 Å². The summed E-state index contributed by atoms with van der Waals surface area (Å²) < 4.78 is 0. The topological polar surface area (TPSA) is 46.2 Å². The first-order valence-electron chi connectivity index (χ1n) is 4.36. The Bertz CT molecular complexity index is 324. The average molecular weight is 198 g/mol. The summed E-state index contributed by atoms with van der Waals surface area (Å²) in [5.74, 6) is 0. The highest BCUT2D eigenvalue weighted by Crippen LogP contribution is 2.36. The maximum Gasteiger partial charge on any atom is 0.143 e. The minimum Gasteiger partial charge on any atom is -0.390 e. The van der Waals surface area contributed by atoms with E-state index in [9.17, 15) is 5.11 Å². The van der Waals surface area contributed by atoms with Gasteiger partial charge in [-0.3, -0.25) is 0 Å². The summed E-state index contributed by atoms with van der Waals surface area (Å²) in [6, 6.07) is 7.74. The van der Waals surface area contributed by atoms with Crippen molar-refractivity contribution in [2.75, 3.05) is 0 Å². The van der Waals surface area contributed by atoms with Gasteiger partial charge in [-0.25, -0.2) is 0 Å². The van der Waals surface area contributed by atoms with Crippen molar-refractivity contribution in [2.24, 2.45) is 5.73 Å². The Hall–Kier alpha value is -0.570. The standard InChI is InChI=1S/C10H12ClNO/c11-10(12)8-4-2-1-3-7(8)5-6-9(10)13/h1-4,9,13H,5-6,12H2. The lowest BCUT2D eigenvalue weighted by atomic mass is 9.86. The van der Waals surface area contributed by atoms with Gasteiger partial charge in [0.1, 0.15) is 5.00 Å². The number of rotatable bonds is 0. The Morgan fingerprint density at radius 2 is 2.15 bits per heavy atom. The molecule has 0 aromatic heterocycles. The van der Waals surface area contributed by atoms with Crippen molar-refractivity contribution in [3.63, 3.8) is 0 Å². The molecule has 0 radical (unpaired) electrons. The van der Waals surface area contributed by atoms with Crippen LogP contribution in [0.2, 0.25) is 0 Å². The molecule has 1 aromatic rings. The Kier molecular flexibility index (Phi) is 2.06. The van der Waals surface area contributed by atoms with Crippen LogP contribution < -0.4 is 5.73 Å². The third kappa shape index (κ3) is 1.35. The van der Waals surface area contributed by atoms with Crippen molar-refractivity contribution in [3.8, 4) is 0 Å². The molecule has 2 unspecified atom stereocenters. The van der Waals surface area contributed by atoms with Crippen LogP contribution in [-0.2, 0) is 11.4 Å². The van der Waals surface area contributed by atoms with E-state index in [1.165, 1.54) is 0 Å². The largest absolute Gasteiger partial charge is 0.390 e. The number of aliphatic hydroxyl groups is 1. The molecule has 3 N–H and O–H groups in total. The van der Waals surface area contributed by atoms with E-state index in [1.807, 2.05) is 24.3 Å². The molecule has 1 aliphatic rings. The van der Waals surface area contributed by atoms with Gasteiger partial charge in [-0.15, -0.1) is 0 Å². The fourth-order valence-corrected chi connectivity index (χ4v) is 2.09. The normalized spacial score (nSPS) is 32.7. The van der Waals surface area contributed by atoms with E-state index in [2.05, 4.69) is 0 Å². The summed E-state index contributed by atoms with van der Waals surface area (Å²) in [7, 11) is 0. The molecule has 1 aliphatic carbocycles. The van der Waals surface area contributed by atoms with E-state index in [0.29, 0.717) is 6.42 Å². The molecule has 0 spiro atoms. The fraction of sp³-hybridized carbons (Fsp3) is 0.400. The third-order valence-electron chi connectivity index (χ3n) is 2.60. The van der Waals surface area contributed by atoms with E-state index in [1.54, 1.807) is 0 Å². The third-order valence-corrected chi connectivity index (χ3v) is 3.06. The number of halogens is 1. The molecule has 70 valence electrons. The van der Waals surface area contributed by atoms with Crippen LogP contribution in [0, 0.1) is 0 Å². The molecule has 0 fully saturated rings. The first-order chi connectivity index (χ1) is 6.12. The molecule has 0 amide bonds. The van der Waals surface area contributed by atoms with Crippen LogP contribution in [0.25, 0.3) is 0 Å². The van der Waals surface area contributed by atoms with E-state index >= 15 is 0 Å². The molecule has 0 saturated carbocycles. The maximum absolute atomic E-state index is 9.63. The summed E-state index contributed by atoms with van der Waals surface area (Å²) in [6.07, 6.45) is 0.837. The molecule has 2 rings (SSSR count). The summed E-state index contributed by atoms with van der Waals surface area (Å²) in [5, 5.41) is 9.63. The maximum atomic E-state index is 9.63. The molecule has 2 nitrogen and oxygen atoms in total. The number of hydrogen-bond donors (Lipinski definition) is 2. The number of fused-ring (bicyclic) bond motifs is 1. The van der Waals surface area contributed by atoms with Crippen molar-refractivity contribution in [1.29, 1.82) is 0 Å². The predicted molar refractivity (Wildman–Crippen MR) is 52.5 cm³/mol. The van der Waals surface area contributed by atoms with E-state index in [-0.39, 0.29) is 0 Å². The number of aryl methyl sites for hydroxylation is 1. The molecule has 3 heteroatoms. The first-order valence-corrected chi connectivity index (χ1v) is 4.74. The highest BCUT2D eigenvalue weighted by Gasteiger charge is 2.38. The Morgan fingerprint density at radius 3 is 2.92 bits per heavy atom. The second-order valence-electron chi connectivity index (χ2n) is 3.48. The van der Waals surface area contributed by atoms with E-state index < -0.39 is 11.1 Å². The van der Waals surface area contributed by atoms with Crippen molar-refractivity contribution in [2.45, 2.75) is 23.9 Å². The van der Waals surface area contributed by atoms with Crippen LogP contribution in [0.4, 0.5) is 0 Å². The average Bonchev–Trinajstić information content (AvgIpc) is 2.13. The Labute approximate surface area is 82.3 Å². The molecule has 0 bridgehead atoms. The first kappa shape index (κ1) is 9.00. The van der Waals surface area contributed by atoms with E-state index in [4.69, 9.17) is 17.3 Å². The van der Waals surface area contributed by atoms with Crippen molar-refractivity contribution in [3.05, 3.63) is 35.4 Å². The van der Waals surface area contributed by atoms with Gasteiger partial charge in [0.15, 0.2) is 0 Å². The van der Waals surface area contributed by atoms with Gasteiger partial charge in [0, 0.05) is 0 Å². The van der Waals surface area contributed by atoms with Gasteiger partial charge in [0.2, 0.25) is 0 Å². The zero-order valence-corrected chi connectivity index (χ0v) is 7.96. The minimum absolute atomic E-state index is 0.636. The summed E-state index contributed by atoms with van der Waals surface area (Å²) in [4.78, 5) is -1.10. The zero-order chi connectivity index (χ0) is 9.47. The van der Waals surface area contributed by atoms with Gasteiger partial charge in [-0.1, -0.05) is 35.9 Å². The number of benzene rings is 1. The van der Waals surface area contributed by atoms with Gasteiger partial charge < -0.3 is 10.8 Å². The van der Waals surface area contributed by atoms with Crippen LogP contribution in [0.3, 0.4) is 0 Å². The number of hydrogen-bond acceptors (Lipinski definition) is 2. The van der Waals surface area contributed by atoms with Crippen LogP contribution in [0.1, 0.15) is 17.5 Å². The summed E-state index contributed by atoms with van der Waals surface area (Å²) in [6.45, 7) is 0. The second kappa shape index (κ2) is 2.98. The molecular formula is C10H12ClNO. The lowest BCUT2D eigenvalue weighted by Gasteiger charge is -2.34. The van der Waals surface area contributed by atoms with E-state index in [0.717, 1.165) is 17.5 Å². The molecule has 1 aromatic carbocycles.